The van der Waals surface area contributed by atoms with Crippen molar-refractivity contribution in [3.8, 4) is 17.2 Å². The summed E-state index contributed by atoms with van der Waals surface area (Å²) in [5.74, 6) is 1.98. The number of para-hydroxylation sites is 2. The molecule has 5 nitrogen and oxygen atoms in total. The van der Waals surface area contributed by atoms with Gasteiger partial charge in [-0.2, -0.15) is 0 Å². The fourth-order valence-electron chi connectivity index (χ4n) is 2.51. The van der Waals surface area contributed by atoms with Gasteiger partial charge in [0, 0.05) is 10.6 Å². The summed E-state index contributed by atoms with van der Waals surface area (Å²) >= 11 is 1.63. The molecule has 1 unspecified atom stereocenters. The van der Waals surface area contributed by atoms with Gasteiger partial charge < -0.3 is 20.1 Å². The fourth-order valence-corrected chi connectivity index (χ4v) is 3.15. The highest BCUT2D eigenvalue weighted by Gasteiger charge is 2.12. The summed E-state index contributed by atoms with van der Waals surface area (Å²) in [6.45, 7) is 2.39. The van der Waals surface area contributed by atoms with Crippen LogP contribution in [-0.2, 0) is 11.3 Å². The first-order chi connectivity index (χ1) is 13.2. The lowest BCUT2D eigenvalue weighted by Crippen LogP contribution is -2.36. The van der Waals surface area contributed by atoms with Crippen LogP contribution in [0.2, 0.25) is 0 Å². The normalized spacial score (nSPS) is 11.5. The predicted octanol–water partition coefficient (Wildman–Crippen LogP) is 4.67. The Morgan fingerprint density at radius 3 is 2.44 bits per heavy atom. The lowest BCUT2D eigenvalue weighted by atomic mass is 10.2. The molecular weight excluding hydrogens is 360 g/mol. The molecule has 27 heavy (non-hydrogen) atoms. The van der Waals surface area contributed by atoms with Crippen molar-refractivity contribution >= 4 is 22.9 Å². The van der Waals surface area contributed by atoms with E-state index in [9.17, 15) is 4.79 Å². The van der Waals surface area contributed by atoms with E-state index in [1.54, 1.807) is 18.4 Å². The van der Waals surface area contributed by atoms with E-state index in [1.165, 1.54) is 0 Å². The summed E-state index contributed by atoms with van der Waals surface area (Å²) in [5.41, 5.74) is 0.848. The van der Waals surface area contributed by atoms with Gasteiger partial charge in [0.15, 0.2) is 11.5 Å². The number of carbonyl (C=O) groups is 1. The maximum absolute atomic E-state index is 12.2. The van der Waals surface area contributed by atoms with Gasteiger partial charge in [0.25, 0.3) is 0 Å². The minimum atomic E-state index is -0.342. The molecule has 0 bridgehead atoms. The molecule has 0 saturated heterocycles. The molecule has 3 aromatic rings. The number of carbonyl (C=O) groups excluding carboxylic acids is 1. The second-order valence-electron chi connectivity index (χ2n) is 5.94. The number of rotatable bonds is 8. The van der Waals surface area contributed by atoms with Gasteiger partial charge in [-0.05, 0) is 54.8 Å². The molecule has 0 fully saturated rings. The maximum Gasteiger partial charge on any atom is 0.242 e. The Hall–Kier alpha value is -2.99. The van der Waals surface area contributed by atoms with E-state index in [2.05, 4.69) is 10.6 Å². The average molecular weight is 382 g/mol. The average Bonchev–Trinajstić information content (AvgIpc) is 3.21. The lowest BCUT2D eigenvalue weighted by molar-refractivity contribution is -0.121. The van der Waals surface area contributed by atoms with Crippen LogP contribution in [0.5, 0.6) is 17.2 Å². The summed E-state index contributed by atoms with van der Waals surface area (Å²) in [4.78, 5) is 13.3. The Morgan fingerprint density at radius 1 is 1.04 bits per heavy atom. The van der Waals surface area contributed by atoms with Gasteiger partial charge in [-0.25, -0.2) is 0 Å². The SMILES string of the molecule is COc1ccccc1Oc1ccc(NC(C)C(=O)NCc2cccs2)cc1. The third kappa shape index (κ3) is 5.24. The third-order valence-electron chi connectivity index (χ3n) is 3.94. The third-order valence-corrected chi connectivity index (χ3v) is 4.82. The van der Waals surface area contributed by atoms with E-state index in [0.717, 1.165) is 10.6 Å². The van der Waals surface area contributed by atoms with Crippen LogP contribution in [0.3, 0.4) is 0 Å². The Labute approximate surface area is 162 Å². The van der Waals surface area contributed by atoms with Crippen molar-refractivity contribution in [2.45, 2.75) is 19.5 Å². The van der Waals surface area contributed by atoms with Crippen LogP contribution < -0.4 is 20.1 Å². The van der Waals surface area contributed by atoms with Gasteiger partial charge in [0.05, 0.1) is 13.7 Å². The molecule has 0 spiro atoms. The molecule has 1 aromatic heterocycles. The van der Waals surface area contributed by atoms with E-state index < -0.39 is 0 Å². The highest BCUT2D eigenvalue weighted by atomic mass is 32.1. The molecule has 1 heterocycles. The van der Waals surface area contributed by atoms with Crippen LogP contribution in [-0.4, -0.2) is 19.1 Å². The predicted molar refractivity (Wildman–Crippen MR) is 109 cm³/mol. The largest absolute Gasteiger partial charge is 0.493 e. The van der Waals surface area contributed by atoms with Gasteiger partial charge in [-0.1, -0.05) is 18.2 Å². The summed E-state index contributed by atoms with van der Waals surface area (Å²) in [5, 5.41) is 8.13. The van der Waals surface area contributed by atoms with Crippen molar-refractivity contribution in [3.63, 3.8) is 0 Å². The zero-order chi connectivity index (χ0) is 19.1. The zero-order valence-corrected chi connectivity index (χ0v) is 16.1. The van der Waals surface area contributed by atoms with Gasteiger partial charge in [0.2, 0.25) is 5.91 Å². The van der Waals surface area contributed by atoms with Crippen LogP contribution in [0.25, 0.3) is 0 Å². The number of amides is 1. The quantitative estimate of drug-likeness (QED) is 0.595. The fraction of sp³-hybridized carbons (Fsp3) is 0.190. The molecular formula is C21H22N2O3S. The standard InChI is InChI=1S/C21H22N2O3S/c1-15(21(24)22-14-18-6-5-13-27-18)23-16-9-11-17(12-10-16)26-20-8-4-3-7-19(20)25-2/h3-13,15,23H,14H2,1-2H3,(H,22,24). The van der Waals surface area contributed by atoms with E-state index in [0.29, 0.717) is 23.8 Å². The Morgan fingerprint density at radius 2 is 1.78 bits per heavy atom. The monoisotopic (exact) mass is 382 g/mol. The second-order valence-corrected chi connectivity index (χ2v) is 6.97. The summed E-state index contributed by atoms with van der Waals surface area (Å²) in [6, 6.07) is 18.6. The second kappa shape index (κ2) is 9.09. The molecule has 6 heteroatoms. The van der Waals surface area contributed by atoms with Crippen molar-refractivity contribution < 1.29 is 14.3 Å². The number of nitrogens with one attached hydrogen (secondary N) is 2. The van der Waals surface area contributed by atoms with Gasteiger partial charge in [0.1, 0.15) is 11.8 Å². The number of ether oxygens (including phenoxy) is 2. The summed E-state index contributed by atoms with van der Waals surface area (Å²) < 4.78 is 11.1. The molecule has 0 aliphatic carbocycles. The maximum atomic E-state index is 12.2. The molecule has 2 N–H and O–H groups in total. The zero-order valence-electron chi connectivity index (χ0n) is 15.3. The van der Waals surface area contributed by atoms with Crippen molar-refractivity contribution in [1.82, 2.24) is 5.32 Å². The van der Waals surface area contributed by atoms with E-state index in [1.807, 2.05) is 73.0 Å². The first-order valence-electron chi connectivity index (χ1n) is 8.63. The number of anilines is 1. The van der Waals surface area contributed by atoms with Gasteiger partial charge >= 0.3 is 0 Å². The highest BCUT2D eigenvalue weighted by Crippen LogP contribution is 2.31. The smallest absolute Gasteiger partial charge is 0.242 e. The van der Waals surface area contributed by atoms with Crippen LogP contribution in [0.1, 0.15) is 11.8 Å². The first kappa shape index (κ1) is 18.8. The number of hydrogen-bond acceptors (Lipinski definition) is 5. The molecule has 1 atom stereocenters. The molecule has 2 aromatic carbocycles. The van der Waals surface area contributed by atoms with Gasteiger partial charge in [-0.3, -0.25) is 4.79 Å². The Balaban J connectivity index is 1.54. The van der Waals surface area contributed by atoms with E-state index >= 15 is 0 Å². The molecule has 140 valence electrons. The van der Waals surface area contributed by atoms with Crippen LogP contribution in [0.15, 0.2) is 66.0 Å². The van der Waals surface area contributed by atoms with E-state index in [-0.39, 0.29) is 11.9 Å². The Bertz CT molecular complexity index is 863. The topological polar surface area (TPSA) is 59.6 Å². The summed E-state index contributed by atoms with van der Waals surface area (Å²) in [6.07, 6.45) is 0. The Kier molecular flexibility index (Phi) is 6.33. The molecule has 0 aliphatic rings. The lowest BCUT2D eigenvalue weighted by Gasteiger charge is -2.15. The molecule has 0 radical (unpaired) electrons. The molecule has 1 amide bonds. The number of hydrogen-bond donors (Lipinski definition) is 2. The molecule has 3 rings (SSSR count). The van der Waals surface area contributed by atoms with Crippen molar-refractivity contribution in [1.29, 1.82) is 0 Å². The first-order valence-corrected chi connectivity index (χ1v) is 9.51. The van der Waals surface area contributed by atoms with Crippen molar-refractivity contribution in [3.05, 3.63) is 70.9 Å². The van der Waals surface area contributed by atoms with Crippen LogP contribution in [0.4, 0.5) is 5.69 Å². The number of thiophene rings is 1. The minimum absolute atomic E-state index is 0.0438. The van der Waals surface area contributed by atoms with E-state index in [4.69, 9.17) is 9.47 Å². The number of methoxy groups -OCH3 is 1. The van der Waals surface area contributed by atoms with Crippen LogP contribution in [0, 0.1) is 0 Å². The van der Waals surface area contributed by atoms with Crippen molar-refractivity contribution in [2.24, 2.45) is 0 Å². The number of benzene rings is 2. The highest BCUT2D eigenvalue weighted by molar-refractivity contribution is 7.09. The molecule has 0 saturated carbocycles. The van der Waals surface area contributed by atoms with Crippen LogP contribution >= 0.6 is 11.3 Å². The summed E-state index contributed by atoms with van der Waals surface area (Å²) in [7, 11) is 1.61. The van der Waals surface area contributed by atoms with Crippen molar-refractivity contribution in [2.75, 3.05) is 12.4 Å². The minimum Gasteiger partial charge on any atom is -0.493 e. The molecule has 0 aliphatic heterocycles. The van der Waals surface area contributed by atoms with Gasteiger partial charge in [-0.15, -0.1) is 11.3 Å².